The number of unbranched alkanes of at least 4 members (excludes halogenated alkanes) is 1. The number of hydrogen-bond acceptors (Lipinski definition) is 4. The van der Waals surface area contributed by atoms with Gasteiger partial charge in [-0.2, -0.15) is 5.26 Å². The van der Waals surface area contributed by atoms with E-state index in [1.165, 1.54) is 11.4 Å². The Labute approximate surface area is 113 Å². The predicted octanol–water partition coefficient (Wildman–Crippen LogP) is 2.48. The van der Waals surface area contributed by atoms with Crippen LogP contribution in [0.4, 0.5) is 5.69 Å². The fourth-order valence-electron chi connectivity index (χ4n) is 1.42. The van der Waals surface area contributed by atoms with Crippen LogP contribution in [-0.2, 0) is 10.0 Å². The molecule has 0 saturated carbocycles. The molecule has 1 aromatic carbocycles. The van der Waals surface area contributed by atoms with Crippen molar-refractivity contribution in [2.45, 2.75) is 17.7 Å². The molecule has 1 rings (SSSR count). The average Bonchev–Trinajstić information content (AvgIpc) is 2.38. The lowest BCUT2D eigenvalue weighted by Crippen LogP contribution is -2.28. The molecule has 0 saturated heterocycles. The zero-order valence-corrected chi connectivity index (χ0v) is 12.1. The summed E-state index contributed by atoms with van der Waals surface area (Å²) in [7, 11) is -1.79. The van der Waals surface area contributed by atoms with E-state index in [0.717, 1.165) is 4.90 Å². The van der Waals surface area contributed by atoms with E-state index in [4.69, 9.17) is 5.26 Å². The third kappa shape index (κ3) is 3.93. The van der Waals surface area contributed by atoms with Crippen molar-refractivity contribution in [3.8, 4) is 6.07 Å². The van der Waals surface area contributed by atoms with Crippen LogP contribution < -0.4 is 4.31 Å². The van der Waals surface area contributed by atoms with Crippen LogP contribution in [0.25, 0.3) is 0 Å². The van der Waals surface area contributed by atoms with E-state index >= 15 is 0 Å². The van der Waals surface area contributed by atoms with Crippen molar-refractivity contribution >= 4 is 27.5 Å². The number of rotatable bonds is 6. The van der Waals surface area contributed by atoms with E-state index in [-0.39, 0.29) is 12.2 Å². The fraction of sp³-hybridized carbons (Fsp3) is 0.417. The van der Waals surface area contributed by atoms with Crippen LogP contribution in [0.2, 0.25) is 0 Å². The normalized spacial score (nSPS) is 10.9. The molecule has 98 valence electrons. The Morgan fingerprint density at radius 3 is 2.44 bits per heavy atom. The molecule has 0 atom stereocenters. The molecule has 0 bridgehead atoms. The highest BCUT2D eigenvalue weighted by atomic mass is 32.2. The van der Waals surface area contributed by atoms with E-state index in [1.54, 1.807) is 23.9 Å². The van der Waals surface area contributed by atoms with E-state index < -0.39 is 10.0 Å². The summed E-state index contributed by atoms with van der Waals surface area (Å²) < 4.78 is 25.2. The standard InChI is InChI=1S/C12H16N2O2S2/c1-14(18(15,16)10-4-3-9-13)11-5-7-12(17-2)8-6-11/h5-8H,3-4,10H2,1-2H3. The molecule has 0 heterocycles. The van der Waals surface area contributed by atoms with Gasteiger partial charge in [-0.25, -0.2) is 8.42 Å². The van der Waals surface area contributed by atoms with Gasteiger partial charge in [0.2, 0.25) is 10.0 Å². The van der Waals surface area contributed by atoms with Gasteiger partial charge in [0, 0.05) is 18.4 Å². The monoisotopic (exact) mass is 284 g/mol. The predicted molar refractivity (Wildman–Crippen MR) is 75.3 cm³/mol. The van der Waals surface area contributed by atoms with E-state index in [9.17, 15) is 8.42 Å². The molecule has 0 aliphatic rings. The smallest absolute Gasteiger partial charge is 0.234 e. The topological polar surface area (TPSA) is 61.2 Å². The third-order valence-corrected chi connectivity index (χ3v) is 5.14. The van der Waals surface area contributed by atoms with Gasteiger partial charge in [0.1, 0.15) is 0 Å². The van der Waals surface area contributed by atoms with Gasteiger partial charge in [-0.3, -0.25) is 4.31 Å². The lowest BCUT2D eigenvalue weighted by Gasteiger charge is -2.19. The van der Waals surface area contributed by atoms with Gasteiger partial charge < -0.3 is 0 Å². The summed E-state index contributed by atoms with van der Waals surface area (Å²) in [5.41, 5.74) is 0.643. The van der Waals surface area contributed by atoms with Crippen molar-refractivity contribution in [2.75, 3.05) is 23.4 Å². The van der Waals surface area contributed by atoms with Crippen LogP contribution in [-0.4, -0.2) is 27.5 Å². The highest BCUT2D eigenvalue weighted by molar-refractivity contribution is 7.98. The Balaban J connectivity index is 2.78. The molecular formula is C12H16N2O2S2. The number of anilines is 1. The van der Waals surface area contributed by atoms with Crippen molar-refractivity contribution in [1.82, 2.24) is 0 Å². The second-order valence-electron chi connectivity index (χ2n) is 3.74. The zero-order valence-electron chi connectivity index (χ0n) is 10.5. The van der Waals surface area contributed by atoms with Crippen molar-refractivity contribution < 1.29 is 8.42 Å². The number of nitrogens with zero attached hydrogens (tertiary/aromatic N) is 2. The molecule has 0 radical (unpaired) electrons. The summed E-state index contributed by atoms with van der Waals surface area (Å²) in [6.45, 7) is 0. The van der Waals surface area contributed by atoms with Gasteiger partial charge in [0.25, 0.3) is 0 Å². The second kappa shape index (κ2) is 6.66. The fourth-order valence-corrected chi connectivity index (χ4v) is 3.06. The lowest BCUT2D eigenvalue weighted by atomic mass is 10.3. The Hall–Kier alpha value is -1.19. The van der Waals surface area contributed by atoms with Crippen LogP contribution >= 0.6 is 11.8 Å². The summed E-state index contributed by atoms with van der Waals surface area (Å²) in [6.07, 6.45) is 2.60. The second-order valence-corrected chi connectivity index (χ2v) is 6.74. The van der Waals surface area contributed by atoms with Gasteiger partial charge in [-0.05, 0) is 36.9 Å². The van der Waals surface area contributed by atoms with E-state index in [0.29, 0.717) is 12.1 Å². The molecule has 0 unspecified atom stereocenters. The number of nitriles is 1. The van der Waals surface area contributed by atoms with Crippen molar-refractivity contribution in [3.05, 3.63) is 24.3 Å². The van der Waals surface area contributed by atoms with Gasteiger partial charge in [0.15, 0.2) is 0 Å². The van der Waals surface area contributed by atoms with Crippen LogP contribution in [0.1, 0.15) is 12.8 Å². The zero-order chi connectivity index (χ0) is 13.6. The molecule has 0 spiro atoms. The van der Waals surface area contributed by atoms with Crippen LogP contribution in [0.15, 0.2) is 29.2 Å². The summed E-state index contributed by atoms with van der Waals surface area (Å²) in [5.74, 6) is 0.00133. The van der Waals surface area contributed by atoms with Gasteiger partial charge in [-0.1, -0.05) is 0 Å². The third-order valence-electron chi connectivity index (χ3n) is 2.54. The molecule has 18 heavy (non-hydrogen) atoms. The number of thioether (sulfide) groups is 1. The highest BCUT2D eigenvalue weighted by Crippen LogP contribution is 2.21. The molecule has 0 aliphatic heterocycles. The molecule has 0 N–H and O–H groups in total. The summed E-state index contributed by atoms with van der Waals surface area (Å²) in [6, 6.07) is 9.30. The van der Waals surface area contributed by atoms with Crippen molar-refractivity contribution in [1.29, 1.82) is 5.26 Å². The summed E-state index contributed by atoms with van der Waals surface area (Å²) in [4.78, 5) is 1.09. The van der Waals surface area contributed by atoms with Crippen LogP contribution in [0.5, 0.6) is 0 Å². The number of hydrogen-bond donors (Lipinski definition) is 0. The molecule has 0 aliphatic carbocycles. The molecule has 6 heteroatoms. The molecule has 0 amide bonds. The first-order valence-corrected chi connectivity index (χ1v) is 8.32. The average molecular weight is 284 g/mol. The molecule has 1 aromatic rings. The Kier molecular flexibility index (Phi) is 5.51. The van der Waals surface area contributed by atoms with Crippen molar-refractivity contribution in [3.63, 3.8) is 0 Å². The maximum atomic E-state index is 12.0. The lowest BCUT2D eigenvalue weighted by molar-refractivity contribution is 0.592. The SMILES string of the molecule is CSc1ccc(N(C)S(=O)(=O)CCCC#N)cc1. The van der Waals surface area contributed by atoms with E-state index in [1.807, 2.05) is 24.5 Å². The van der Waals surface area contributed by atoms with Crippen LogP contribution in [0.3, 0.4) is 0 Å². The molecule has 0 fully saturated rings. The minimum absolute atomic E-state index is 0.00133. The summed E-state index contributed by atoms with van der Waals surface area (Å²) in [5, 5.41) is 8.42. The van der Waals surface area contributed by atoms with Gasteiger partial charge in [0.05, 0.1) is 17.5 Å². The molecular weight excluding hydrogens is 268 g/mol. The first kappa shape index (κ1) is 14.9. The maximum absolute atomic E-state index is 12.0. The highest BCUT2D eigenvalue weighted by Gasteiger charge is 2.17. The number of benzene rings is 1. The first-order valence-electron chi connectivity index (χ1n) is 5.49. The van der Waals surface area contributed by atoms with Gasteiger partial charge in [-0.15, -0.1) is 11.8 Å². The minimum atomic E-state index is -3.33. The Morgan fingerprint density at radius 1 is 1.33 bits per heavy atom. The minimum Gasteiger partial charge on any atom is -0.273 e. The Bertz CT molecular complexity index is 518. The summed E-state index contributed by atoms with van der Waals surface area (Å²) >= 11 is 1.61. The maximum Gasteiger partial charge on any atom is 0.234 e. The molecule has 4 nitrogen and oxygen atoms in total. The largest absolute Gasteiger partial charge is 0.273 e. The first-order chi connectivity index (χ1) is 8.51. The Morgan fingerprint density at radius 2 is 1.94 bits per heavy atom. The van der Waals surface area contributed by atoms with Crippen LogP contribution in [0, 0.1) is 11.3 Å². The number of sulfonamides is 1. The quantitative estimate of drug-likeness (QED) is 0.595. The van der Waals surface area contributed by atoms with E-state index in [2.05, 4.69) is 0 Å². The molecule has 0 aromatic heterocycles. The van der Waals surface area contributed by atoms with Gasteiger partial charge >= 0.3 is 0 Å². The van der Waals surface area contributed by atoms with Crippen molar-refractivity contribution in [2.24, 2.45) is 0 Å².